The van der Waals surface area contributed by atoms with E-state index in [1.54, 1.807) is 7.11 Å². The molecule has 0 unspecified atom stereocenters. The zero-order valence-electron chi connectivity index (χ0n) is 13.2. The fraction of sp³-hybridized carbons (Fsp3) is 0.667. The van der Waals surface area contributed by atoms with Crippen LogP contribution in [-0.2, 0) is 4.74 Å². The topological polar surface area (TPSA) is 30.5 Å². The molecule has 0 amide bonds. The highest BCUT2D eigenvalue weighted by Gasteiger charge is 2.33. The van der Waals surface area contributed by atoms with Crippen molar-refractivity contribution >= 4 is 0 Å². The van der Waals surface area contributed by atoms with E-state index in [2.05, 4.69) is 36.5 Å². The lowest BCUT2D eigenvalue weighted by Gasteiger charge is -2.40. The molecule has 116 valence electrons. The summed E-state index contributed by atoms with van der Waals surface area (Å²) in [6, 6.07) is 9.24. The van der Waals surface area contributed by atoms with Crippen LogP contribution in [0.2, 0.25) is 0 Å². The van der Waals surface area contributed by atoms with E-state index >= 15 is 0 Å². The number of methoxy groups -OCH3 is 1. The minimum Gasteiger partial charge on any atom is -0.497 e. The van der Waals surface area contributed by atoms with Crippen molar-refractivity contribution in [2.75, 3.05) is 26.9 Å². The first-order valence-corrected chi connectivity index (χ1v) is 8.14. The molecule has 1 heterocycles. The van der Waals surface area contributed by atoms with E-state index in [1.165, 1.54) is 31.2 Å². The minimum absolute atomic E-state index is 0.434. The van der Waals surface area contributed by atoms with E-state index in [-0.39, 0.29) is 0 Å². The Morgan fingerprint density at radius 1 is 1.19 bits per heavy atom. The maximum absolute atomic E-state index is 5.47. The summed E-state index contributed by atoms with van der Waals surface area (Å²) in [6.45, 7) is 5.38. The molecule has 1 aromatic rings. The van der Waals surface area contributed by atoms with Crippen LogP contribution in [0, 0.1) is 5.41 Å². The van der Waals surface area contributed by atoms with E-state index in [0.717, 1.165) is 31.4 Å². The molecule has 3 heteroatoms. The number of benzene rings is 1. The summed E-state index contributed by atoms with van der Waals surface area (Å²) in [5.41, 5.74) is 1.88. The standard InChI is InChI=1S/C18H27NO2/c1-18(7-9-21-10-8-18)13-19-16-11-15(12-16)14-3-5-17(20-2)6-4-14/h3-6,15-16,19H,7-13H2,1-2H3. The Balaban J connectivity index is 1.43. The van der Waals surface area contributed by atoms with E-state index in [9.17, 15) is 0 Å². The molecule has 1 N–H and O–H groups in total. The van der Waals surface area contributed by atoms with Gasteiger partial charge in [-0.05, 0) is 54.7 Å². The highest BCUT2D eigenvalue weighted by Crippen LogP contribution is 2.38. The number of hydrogen-bond acceptors (Lipinski definition) is 3. The van der Waals surface area contributed by atoms with Gasteiger partial charge in [0.2, 0.25) is 0 Å². The maximum atomic E-state index is 5.47. The van der Waals surface area contributed by atoms with Crippen LogP contribution >= 0.6 is 0 Å². The van der Waals surface area contributed by atoms with Gasteiger partial charge in [-0.15, -0.1) is 0 Å². The van der Waals surface area contributed by atoms with Crippen LogP contribution in [0.5, 0.6) is 5.75 Å². The summed E-state index contributed by atoms with van der Waals surface area (Å²) in [6.07, 6.45) is 4.90. The highest BCUT2D eigenvalue weighted by molar-refractivity contribution is 5.30. The summed E-state index contributed by atoms with van der Waals surface area (Å²) >= 11 is 0. The molecule has 3 nitrogen and oxygen atoms in total. The van der Waals surface area contributed by atoms with E-state index in [1.807, 2.05) is 0 Å². The predicted octanol–water partition coefficient (Wildman–Crippen LogP) is 3.35. The summed E-state index contributed by atoms with van der Waals surface area (Å²) < 4.78 is 10.7. The highest BCUT2D eigenvalue weighted by atomic mass is 16.5. The van der Waals surface area contributed by atoms with Gasteiger partial charge in [-0.1, -0.05) is 19.1 Å². The molecule has 1 aromatic carbocycles. The SMILES string of the molecule is COc1ccc(C2CC(NCC3(C)CCOCC3)C2)cc1. The van der Waals surface area contributed by atoms with E-state index in [4.69, 9.17) is 9.47 Å². The van der Waals surface area contributed by atoms with Crippen LogP contribution in [0.4, 0.5) is 0 Å². The van der Waals surface area contributed by atoms with Crippen molar-refractivity contribution in [1.82, 2.24) is 5.32 Å². The molecule has 1 saturated heterocycles. The number of rotatable bonds is 5. The first-order chi connectivity index (χ1) is 10.2. The smallest absolute Gasteiger partial charge is 0.118 e. The molecule has 0 radical (unpaired) electrons. The second-order valence-corrected chi connectivity index (χ2v) is 6.94. The monoisotopic (exact) mass is 289 g/mol. The predicted molar refractivity (Wildman–Crippen MR) is 84.9 cm³/mol. The molecule has 0 aromatic heterocycles. The van der Waals surface area contributed by atoms with Crippen molar-refractivity contribution in [3.63, 3.8) is 0 Å². The first kappa shape index (κ1) is 14.9. The fourth-order valence-corrected chi connectivity index (χ4v) is 3.36. The van der Waals surface area contributed by atoms with Crippen molar-refractivity contribution in [3.8, 4) is 5.75 Å². The molecule has 0 spiro atoms. The molecule has 2 fully saturated rings. The van der Waals surface area contributed by atoms with Crippen molar-refractivity contribution in [2.24, 2.45) is 5.41 Å². The number of ether oxygens (including phenoxy) is 2. The van der Waals surface area contributed by atoms with Gasteiger partial charge < -0.3 is 14.8 Å². The van der Waals surface area contributed by atoms with Crippen LogP contribution < -0.4 is 10.1 Å². The van der Waals surface area contributed by atoms with Gasteiger partial charge in [0.25, 0.3) is 0 Å². The van der Waals surface area contributed by atoms with Gasteiger partial charge >= 0.3 is 0 Å². The Kier molecular flexibility index (Phi) is 4.51. The molecule has 0 bridgehead atoms. The second-order valence-electron chi connectivity index (χ2n) is 6.94. The first-order valence-electron chi connectivity index (χ1n) is 8.14. The zero-order chi connectivity index (χ0) is 14.7. The van der Waals surface area contributed by atoms with Gasteiger partial charge in [0.1, 0.15) is 5.75 Å². The lowest BCUT2D eigenvalue weighted by molar-refractivity contribution is 0.0211. The largest absolute Gasteiger partial charge is 0.497 e. The van der Waals surface area contributed by atoms with Crippen molar-refractivity contribution in [1.29, 1.82) is 0 Å². The normalized spacial score (nSPS) is 27.9. The average molecular weight is 289 g/mol. The van der Waals surface area contributed by atoms with Crippen molar-refractivity contribution < 1.29 is 9.47 Å². The van der Waals surface area contributed by atoms with Crippen LogP contribution in [0.15, 0.2) is 24.3 Å². The average Bonchev–Trinajstić information content (AvgIpc) is 2.47. The summed E-state index contributed by atoms with van der Waals surface area (Å²) in [4.78, 5) is 0. The van der Waals surface area contributed by atoms with Gasteiger partial charge in [-0.2, -0.15) is 0 Å². The fourth-order valence-electron chi connectivity index (χ4n) is 3.36. The third-order valence-electron chi connectivity index (χ3n) is 5.24. The quantitative estimate of drug-likeness (QED) is 0.901. The van der Waals surface area contributed by atoms with Crippen LogP contribution in [0.1, 0.15) is 44.1 Å². The summed E-state index contributed by atoms with van der Waals surface area (Å²) in [5.74, 6) is 1.66. The van der Waals surface area contributed by atoms with Crippen molar-refractivity contribution in [3.05, 3.63) is 29.8 Å². The maximum Gasteiger partial charge on any atom is 0.118 e. The van der Waals surface area contributed by atoms with Gasteiger partial charge in [0, 0.05) is 25.8 Å². The Morgan fingerprint density at radius 2 is 1.86 bits per heavy atom. The number of hydrogen-bond donors (Lipinski definition) is 1. The van der Waals surface area contributed by atoms with Gasteiger partial charge in [0.15, 0.2) is 0 Å². The second kappa shape index (κ2) is 6.37. The van der Waals surface area contributed by atoms with Gasteiger partial charge in [-0.3, -0.25) is 0 Å². The van der Waals surface area contributed by atoms with Crippen molar-refractivity contribution in [2.45, 2.75) is 44.6 Å². The zero-order valence-corrected chi connectivity index (χ0v) is 13.2. The van der Waals surface area contributed by atoms with Crippen LogP contribution in [-0.4, -0.2) is 32.9 Å². The molecule has 2 aliphatic rings. The minimum atomic E-state index is 0.434. The lowest BCUT2D eigenvalue weighted by atomic mass is 9.75. The third kappa shape index (κ3) is 3.58. The van der Waals surface area contributed by atoms with Gasteiger partial charge in [0.05, 0.1) is 7.11 Å². The molecule has 3 rings (SSSR count). The molecule has 1 aliphatic heterocycles. The van der Waals surface area contributed by atoms with Crippen LogP contribution in [0.3, 0.4) is 0 Å². The Labute approximate surface area is 128 Å². The Hall–Kier alpha value is -1.06. The third-order valence-corrected chi connectivity index (χ3v) is 5.24. The Bertz CT molecular complexity index is 445. The lowest BCUT2D eigenvalue weighted by Crippen LogP contribution is -2.46. The molecule has 1 aliphatic carbocycles. The van der Waals surface area contributed by atoms with Gasteiger partial charge in [-0.25, -0.2) is 0 Å². The molecular formula is C18H27NO2. The van der Waals surface area contributed by atoms with Crippen LogP contribution in [0.25, 0.3) is 0 Å². The molecular weight excluding hydrogens is 262 g/mol. The van der Waals surface area contributed by atoms with E-state index < -0.39 is 0 Å². The molecule has 21 heavy (non-hydrogen) atoms. The Morgan fingerprint density at radius 3 is 2.48 bits per heavy atom. The molecule has 0 atom stereocenters. The van der Waals surface area contributed by atoms with E-state index in [0.29, 0.717) is 11.5 Å². The summed E-state index contributed by atoms with van der Waals surface area (Å²) in [5, 5.41) is 3.77. The number of nitrogens with one attached hydrogen (secondary N) is 1. The molecule has 1 saturated carbocycles. The summed E-state index contributed by atoms with van der Waals surface area (Å²) in [7, 11) is 1.72.